The van der Waals surface area contributed by atoms with Gasteiger partial charge in [0.15, 0.2) is 5.01 Å². The molecule has 0 unspecified atom stereocenters. The number of hydrogen-bond donors (Lipinski definition) is 2. The van der Waals surface area contributed by atoms with Crippen LogP contribution < -0.4 is 5.73 Å². The molecule has 0 aliphatic rings. The molecule has 1 aromatic heterocycles. The van der Waals surface area contributed by atoms with Gasteiger partial charge in [-0.15, -0.1) is 0 Å². The Labute approximate surface area is 83.4 Å². The quantitative estimate of drug-likeness (QED) is 0.539. The molecule has 0 aliphatic heterocycles. The summed E-state index contributed by atoms with van der Waals surface area (Å²) in [5, 5.41) is 12.3. The van der Waals surface area contributed by atoms with Crippen molar-refractivity contribution in [3.63, 3.8) is 0 Å². The van der Waals surface area contributed by atoms with E-state index in [2.05, 4.69) is 19.4 Å². The number of nitrogen functional groups attached to an aromatic ring is 1. The zero-order chi connectivity index (χ0) is 10.6. The maximum Gasteiger partial charge on any atom is 0.361 e. The Morgan fingerprint density at radius 2 is 2.50 bits per heavy atom. The molecule has 0 aliphatic carbocycles. The van der Waals surface area contributed by atoms with Crippen LogP contribution in [0.15, 0.2) is 5.16 Å². The highest BCUT2D eigenvalue weighted by atomic mass is 32.1. The molecule has 1 rings (SSSR count). The van der Waals surface area contributed by atoms with E-state index >= 15 is 0 Å². The third kappa shape index (κ3) is 2.39. The van der Waals surface area contributed by atoms with Gasteiger partial charge in [0.2, 0.25) is 11.7 Å². The van der Waals surface area contributed by atoms with Crippen molar-refractivity contribution in [2.45, 2.75) is 6.92 Å². The molecule has 0 atom stereocenters. The highest BCUT2D eigenvalue weighted by molar-refractivity contribution is 7.09. The summed E-state index contributed by atoms with van der Waals surface area (Å²) in [6.07, 6.45) is 0. The van der Waals surface area contributed by atoms with E-state index in [1.54, 1.807) is 6.92 Å². The lowest BCUT2D eigenvalue weighted by Gasteiger charge is -1.95. The Morgan fingerprint density at radius 3 is 2.93 bits per heavy atom. The van der Waals surface area contributed by atoms with Crippen molar-refractivity contribution in [1.29, 1.82) is 0 Å². The third-order valence-electron chi connectivity index (χ3n) is 1.13. The monoisotopic (exact) mass is 216 g/mol. The SMILES string of the molecule is CCO/N=C(/C(=O)O)c1nc(N)ns1. The van der Waals surface area contributed by atoms with Crippen LogP contribution in [0.3, 0.4) is 0 Å². The first-order valence-corrected chi connectivity index (χ1v) is 4.45. The van der Waals surface area contributed by atoms with Crippen molar-refractivity contribution in [1.82, 2.24) is 9.36 Å². The van der Waals surface area contributed by atoms with Gasteiger partial charge in [-0.1, -0.05) is 5.16 Å². The molecule has 0 fully saturated rings. The number of carboxylic acids is 1. The first-order chi connectivity index (χ1) is 6.65. The summed E-state index contributed by atoms with van der Waals surface area (Å²) in [7, 11) is 0. The molecule has 0 bridgehead atoms. The largest absolute Gasteiger partial charge is 0.476 e. The van der Waals surface area contributed by atoms with Crippen LogP contribution in [0.25, 0.3) is 0 Å². The van der Waals surface area contributed by atoms with Crippen molar-refractivity contribution in [2.24, 2.45) is 5.16 Å². The average molecular weight is 216 g/mol. The van der Waals surface area contributed by atoms with Gasteiger partial charge in [0.05, 0.1) is 0 Å². The van der Waals surface area contributed by atoms with Gasteiger partial charge in [0.1, 0.15) is 6.61 Å². The molecule has 1 aromatic rings. The minimum absolute atomic E-state index is 0.0236. The molecule has 0 aromatic carbocycles. The summed E-state index contributed by atoms with van der Waals surface area (Å²) < 4.78 is 3.64. The summed E-state index contributed by atoms with van der Waals surface area (Å²) in [4.78, 5) is 19.0. The number of anilines is 1. The molecule has 7 nitrogen and oxygen atoms in total. The second-order valence-corrected chi connectivity index (χ2v) is 2.87. The molecule has 0 spiro atoms. The predicted molar refractivity (Wildman–Crippen MR) is 50.1 cm³/mol. The van der Waals surface area contributed by atoms with Gasteiger partial charge in [-0.3, -0.25) is 0 Å². The Morgan fingerprint density at radius 1 is 1.79 bits per heavy atom. The second kappa shape index (κ2) is 4.51. The molecule has 0 radical (unpaired) electrons. The van der Waals surface area contributed by atoms with E-state index in [1.807, 2.05) is 0 Å². The topological polar surface area (TPSA) is 111 Å². The summed E-state index contributed by atoms with van der Waals surface area (Å²) >= 11 is 0.859. The van der Waals surface area contributed by atoms with Crippen molar-refractivity contribution in [3.8, 4) is 0 Å². The van der Waals surface area contributed by atoms with E-state index in [0.717, 1.165) is 11.5 Å². The molecule has 0 saturated heterocycles. The molecule has 1 heterocycles. The maximum absolute atomic E-state index is 10.7. The second-order valence-electron chi connectivity index (χ2n) is 2.12. The van der Waals surface area contributed by atoms with Crippen LogP contribution in [0.2, 0.25) is 0 Å². The van der Waals surface area contributed by atoms with Gasteiger partial charge in [-0.05, 0) is 18.5 Å². The molecule has 76 valence electrons. The van der Waals surface area contributed by atoms with Crippen LogP contribution in [0.5, 0.6) is 0 Å². The fraction of sp³-hybridized carbons (Fsp3) is 0.333. The number of nitrogens with two attached hydrogens (primary N) is 1. The summed E-state index contributed by atoms with van der Waals surface area (Å²) in [5.41, 5.74) is 4.95. The van der Waals surface area contributed by atoms with Gasteiger partial charge in [0, 0.05) is 0 Å². The predicted octanol–water partition coefficient (Wildman–Crippen LogP) is -0.0545. The van der Waals surface area contributed by atoms with Gasteiger partial charge >= 0.3 is 5.97 Å². The first-order valence-electron chi connectivity index (χ1n) is 3.68. The van der Waals surface area contributed by atoms with Crippen molar-refractivity contribution in [3.05, 3.63) is 5.01 Å². The first kappa shape index (κ1) is 10.4. The number of aliphatic carboxylic acids is 1. The Bertz CT molecular complexity index is 362. The van der Waals surface area contributed by atoms with E-state index < -0.39 is 5.97 Å². The minimum Gasteiger partial charge on any atom is -0.476 e. The van der Waals surface area contributed by atoms with Crippen molar-refractivity contribution >= 4 is 29.2 Å². The Hall–Kier alpha value is -1.70. The molecular formula is C6H8N4O3S. The number of rotatable bonds is 4. The number of nitrogens with zero attached hydrogens (tertiary/aromatic N) is 3. The molecular weight excluding hydrogens is 208 g/mol. The van der Waals surface area contributed by atoms with Crippen LogP contribution in [-0.4, -0.2) is 32.8 Å². The third-order valence-corrected chi connectivity index (χ3v) is 1.87. The zero-order valence-corrected chi connectivity index (χ0v) is 8.11. The number of aromatic nitrogens is 2. The molecule has 0 amide bonds. The van der Waals surface area contributed by atoms with Crippen LogP contribution in [0, 0.1) is 0 Å². The molecule has 8 heteroatoms. The van der Waals surface area contributed by atoms with E-state index in [-0.39, 0.29) is 23.3 Å². The minimum atomic E-state index is -1.23. The maximum atomic E-state index is 10.7. The average Bonchev–Trinajstić information content (AvgIpc) is 2.52. The number of carbonyl (C=O) groups is 1. The fourth-order valence-electron chi connectivity index (χ4n) is 0.630. The number of oxime groups is 1. The van der Waals surface area contributed by atoms with Crippen LogP contribution in [-0.2, 0) is 9.63 Å². The lowest BCUT2D eigenvalue weighted by Crippen LogP contribution is -2.15. The van der Waals surface area contributed by atoms with Gasteiger partial charge in [-0.25, -0.2) is 4.79 Å². The molecule has 3 N–H and O–H groups in total. The standard InChI is InChI=1S/C6H8N4O3S/c1-2-13-9-3(5(11)12)4-8-6(7)10-14-4/h2H2,1H3,(H2,7,10)(H,11,12)/b9-3+. The molecule has 14 heavy (non-hydrogen) atoms. The van der Waals surface area contributed by atoms with Gasteiger partial charge in [-0.2, -0.15) is 9.36 Å². The Balaban J connectivity index is 2.94. The van der Waals surface area contributed by atoms with Crippen LogP contribution >= 0.6 is 11.5 Å². The summed E-state index contributed by atoms with van der Waals surface area (Å²) in [6.45, 7) is 1.97. The summed E-state index contributed by atoms with van der Waals surface area (Å²) in [5.74, 6) is -1.20. The lowest BCUT2D eigenvalue weighted by atomic mass is 10.4. The highest BCUT2D eigenvalue weighted by Crippen LogP contribution is 2.07. The zero-order valence-electron chi connectivity index (χ0n) is 7.30. The van der Waals surface area contributed by atoms with Crippen LogP contribution in [0.4, 0.5) is 5.95 Å². The van der Waals surface area contributed by atoms with Crippen molar-refractivity contribution in [2.75, 3.05) is 12.3 Å². The highest BCUT2D eigenvalue weighted by Gasteiger charge is 2.18. The lowest BCUT2D eigenvalue weighted by molar-refractivity contribution is -0.129. The van der Waals surface area contributed by atoms with E-state index in [1.165, 1.54) is 0 Å². The number of hydrogen-bond acceptors (Lipinski definition) is 7. The summed E-state index contributed by atoms with van der Waals surface area (Å²) in [6, 6.07) is 0. The number of carboxylic acid groups (broad SMARTS) is 1. The van der Waals surface area contributed by atoms with Crippen LogP contribution in [0.1, 0.15) is 11.9 Å². The van der Waals surface area contributed by atoms with Gasteiger partial charge < -0.3 is 15.7 Å². The van der Waals surface area contributed by atoms with E-state index in [0.29, 0.717) is 0 Å². The fourth-order valence-corrected chi connectivity index (χ4v) is 1.20. The van der Waals surface area contributed by atoms with E-state index in [9.17, 15) is 4.79 Å². The van der Waals surface area contributed by atoms with E-state index in [4.69, 9.17) is 10.8 Å². The Kier molecular flexibility index (Phi) is 3.35. The smallest absolute Gasteiger partial charge is 0.361 e. The van der Waals surface area contributed by atoms with Crippen molar-refractivity contribution < 1.29 is 14.7 Å². The normalized spacial score (nSPS) is 11.4. The molecule has 0 saturated carbocycles. The van der Waals surface area contributed by atoms with Gasteiger partial charge in [0.25, 0.3) is 0 Å².